The summed E-state index contributed by atoms with van der Waals surface area (Å²) in [5, 5.41) is 0. The van der Waals surface area contributed by atoms with Gasteiger partial charge in [-0.2, -0.15) is 0 Å². The van der Waals surface area contributed by atoms with Crippen molar-refractivity contribution in [1.82, 2.24) is 4.90 Å². The van der Waals surface area contributed by atoms with E-state index in [0.29, 0.717) is 31.3 Å². The first-order valence-corrected chi connectivity index (χ1v) is 7.05. The number of nitrogens with two attached hydrogens (primary N) is 1. The molecule has 0 spiro atoms. The Morgan fingerprint density at radius 3 is 2.57 bits per heavy atom. The highest BCUT2D eigenvalue weighted by Crippen LogP contribution is 2.15. The van der Waals surface area contributed by atoms with E-state index in [1.54, 1.807) is 0 Å². The Hall–Kier alpha value is -0.130. The fourth-order valence-corrected chi connectivity index (χ4v) is 3.06. The molecule has 1 heterocycles. The van der Waals surface area contributed by atoms with E-state index in [1.165, 1.54) is 0 Å². The molecule has 0 saturated carbocycles. The number of likely N-dealkylation sites (tertiary alicyclic amines) is 1. The molecule has 0 amide bonds. The van der Waals surface area contributed by atoms with Crippen LogP contribution < -0.4 is 5.73 Å². The summed E-state index contributed by atoms with van der Waals surface area (Å²) in [4.78, 5) is 2.16. The molecule has 2 N–H and O–H groups in total. The number of rotatable bonds is 6. The van der Waals surface area contributed by atoms with E-state index in [4.69, 9.17) is 5.73 Å². The molecule has 0 bridgehead atoms. The average Bonchev–Trinajstić information content (AvgIpc) is 2.02. The molecule has 0 aromatic rings. The highest BCUT2D eigenvalue weighted by atomic mass is 32.2. The van der Waals surface area contributed by atoms with Gasteiger partial charge in [-0.1, -0.05) is 6.92 Å². The Morgan fingerprint density at radius 2 is 2.14 bits per heavy atom. The van der Waals surface area contributed by atoms with Crippen molar-refractivity contribution in [2.75, 3.05) is 31.1 Å². The predicted octanol–water partition coefficient (Wildman–Crippen LogP) is -0.156. The van der Waals surface area contributed by atoms with Crippen LogP contribution in [0.25, 0.3) is 0 Å². The zero-order chi connectivity index (χ0) is 10.6. The number of sulfone groups is 1. The first-order valence-electron chi connectivity index (χ1n) is 5.23. The topological polar surface area (TPSA) is 63.4 Å². The van der Waals surface area contributed by atoms with Crippen molar-refractivity contribution in [3.05, 3.63) is 0 Å². The molecule has 0 aliphatic carbocycles. The van der Waals surface area contributed by atoms with E-state index in [-0.39, 0.29) is 5.75 Å². The molecule has 0 aromatic heterocycles. The number of hydrogen-bond donors (Lipinski definition) is 1. The van der Waals surface area contributed by atoms with Gasteiger partial charge in [0.15, 0.2) is 9.84 Å². The third-order valence-corrected chi connectivity index (χ3v) is 4.58. The van der Waals surface area contributed by atoms with E-state index >= 15 is 0 Å². The van der Waals surface area contributed by atoms with Gasteiger partial charge in [0.25, 0.3) is 0 Å². The van der Waals surface area contributed by atoms with E-state index in [0.717, 1.165) is 13.0 Å². The maximum atomic E-state index is 11.4. The van der Waals surface area contributed by atoms with Crippen molar-refractivity contribution in [3.63, 3.8) is 0 Å². The van der Waals surface area contributed by atoms with E-state index in [9.17, 15) is 8.42 Å². The maximum Gasteiger partial charge on any atom is 0.151 e. The molecular formula is C9H20N2O2S. The SMILES string of the molecule is CCCS(=O)(=O)CCN1CCC1CN. The Bertz CT molecular complexity index is 262. The third kappa shape index (κ3) is 3.22. The minimum Gasteiger partial charge on any atom is -0.329 e. The molecule has 4 nitrogen and oxygen atoms in total. The summed E-state index contributed by atoms with van der Waals surface area (Å²) in [6, 6.07) is 0.423. The predicted molar refractivity (Wildman–Crippen MR) is 58.0 cm³/mol. The summed E-state index contributed by atoms with van der Waals surface area (Å²) in [5.74, 6) is 0.603. The average molecular weight is 220 g/mol. The minimum absolute atomic E-state index is 0.289. The van der Waals surface area contributed by atoms with Gasteiger partial charge in [-0.25, -0.2) is 8.42 Å². The van der Waals surface area contributed by atoms with Gasteiger partial charge < -0.3 is 5.73 Å². The second-order valence-electron chi connectivity index (χ2n) is 3.87. The highest BCUT2D eigenvalue weighted by Gasteiger charge is 2.27. The van der Waals surface area contributed by atoms with Gasteiger partial charge in [-0.05, 0) is 12.8 Å². The Balaban J connectivity index is 2.26. The van der Waals surface area contributed by atoms with Crippen LogP contribution in [-0.2, 0) is 9.84 Å². The number of nitrogens with zero attached hydrogens (tertiary/aromatic N) is 1. The summed E-state index contributed by atoms with van der Waals surface area (Å²) < 4.78 is 22.8. The Labute approximate surface area is 86.4 Å². The second-order valence-corrected chi connectivity index (χ2v) is 6.17. The molecule has 5 heteroatoms. The molecule has 1 fully saturated rings. The first-order chi connectivity index (χ1) is 6.59. The van der Waals surface area contributed by atoms with Crippen molar-refractivity contribution >= 4 is 9.84 Å². The lowest BCUT2D eigenvalue weighted by Crippen LogP contribution is -2.53. The molecule has 1 saturated heterocycles. The summed E-state index contributed by atoms with van der Waals surface area (Å²) in [6.07, 6.45) is 1.83. The normalized spacial score (nSPS) is 23.4. The largest absolute Gasteiger partial charge is 0.329 e. The first kappa shape index (κ1) is 11.9. The van der Waals surface area contributed by atoms with Gasteiger partial charge in [-0.3, -0.25) is 4.90 Å². The van der Waals surface area contributed by atoms with Crippen LogP contribution >= 0.6 is 0 Å². The van der Waals surface area contributed by atoms with Gasteiger partial charge >= 0.3 is 0 Å². The quantitative estimate of drug-likeness (QED) is 0.676. The summed E-state index contributed by atoms with van der Waals surface area (Å²) in [5.41, 5.74) is 5.53. The summed E-state index contributed by atoms with van der Waals surface area (Å²) in [6.45, 7) is 4.20. The molecule has 1 rings (SSSR count). The molecule has 0 aromatic carbocycles. The van der Waals surface area contributed by atoms with Crippen molar-refractivity contribution in [3.8, 4) is 0 Å². The van der Waals surface area contributed by atoms with Crippen molar-refractivity contribution in [1.29, 1.82) is 0 Å². The minimum atomic E-state index is -2.82. The standard InChI is InChI=1S/C9H20N2O2S/c1-2-6-14(12,13)7-5-11-4-3-9(11)8-10/h9H,2-8,10H2,1H3. The van der Waals surface area contributed by atoms with Crippen LogP contribution in [0.4, 0.5) is 0 Å². The van der Waals surface area contributed by atoms with Crippen molar-refractivity contribution in [2.24, 2.45) is 5.73 Å². The van der Waals surface area contributed by atoms with Crippen LogP contribution in [0.2, 0.25) is 0 Å². The zero-order valence-electron chi connectivity index (χ0n) is 8.78. The van der Waals surface area contributed by atoms with Gasteiger partial charge in [0, 0.05) is 31.4 Å². The molecule has 84 valence electrons. The summed E-state index contributed by atoms with van der Waals surface area (Å²) in [7, 11) is -2.82. The lowest BCUT2D eigenvalue weighted by molar-refractivity contribution is 0.105. The fraction of sp³-hybridized carbons (Fsp3) is 1.00. The van der Waals surface area contributed by atoms with E-state index in [1.807, 2.05) is 6.92 Å². The Morgan fingerprint density at radius 1 is 1.43 bits per heavy atom. The molecule has 1 aliphatic rings. The van der Waals surface area contributed by atoms with Crippen LogP contribution in [0.15, 0.2) is 0 Å². The smallest absolute Gasteiger partial charge is 0.151 e. The lowest BCUT2D eigenvalue weighted by atomic mass is 10.0. The van der Waals surface area contributed by atoms with Crippen LogP contribution in [0, 0.1) is 0 Å². The van der Waals surface area contributed by atoms with E-state index < -0.39 is 9.84 Å². The van der Waals surface area contributed by atoms with Gasteiger partial charge in [0.2, 0.25) is 0 Å². The lowest BCUT2D eigenvalue weighted by Gasteiger charge is -2.40. The van der Waals surface area contributed by atoms with Crippen LogP contribution in [-0.4, -0.2) is 50.5 Å². The molecule has 0 radical (unpaired) electrons. The summed E-state index contributed by atoms with van der Waals surface area (Å²) >= 11 is 0. The van der Waals surface area contributed by atoms with Gasteiger partial charge in [0.1, 0.15) is 0 Å². The third-order valence-electron chi connectivity index (χ3n) is 2.74. The zero-order valence-corrected chi connectivity index (χ0v) is 9.59. The van der Waals surface area contributed by atoms with Gasteiger partial charge in [0.05, 0.1) is 5.75 Å². The second kappa shape index (κ2) is 5.09. The fourth-order valence-electron chi connectivity index (χ4n) is 1.72. The highest BCUT2D eigenvalue weighted by molar-refractivity contribution is 7.91. The van der Waals surface area contributed by atoms with Gasteiger partial charge in [-0.15, -0.1) is 0 Å². The Kier molecular flexibility index (Phi) is 4.34. The molecule has 1 atom stereocenters. The molecule has 1 aliphatic heterocycles. The van der Waals surface area contributed by atoms with Crippen LogP contribution in [0.5, 0.6) is 0 Å². The monoisotopic (exact) mass is 220 g/mol. The van der Waals surface area contributed by atoms with Crippen LogP contribution in [0.1, 0.15) is 19.8 Å². The van der Waals surface area contributed by atoms with Crippen LogP contribution in [0.3, 0.4) is 0 Å². The van der Waals surface area contributed by atoms with Crippen molar-refractivity contribution in [2.45, 2.75) is 25.8 Å². The molecule has 14 heavy (non-hydrogen) atoms. The molecule has 1 unspecified atom stereocenters. The van der Waals surface area contributed by atoms with Crippen molar-refractivity contribution < 1.29 is 8.42 Å². The van der Waals surface area contributed by atoms with E-state index in [2.05, 4.69) is 4.90 Å². The number of hydrogen-bond acceptors (Lipinski definition) is 4. The maximum absolute atomic E-state index is 11.4. The molecular weight excluding hydrogens is 200 g/mol.